The van der Waals surface area contributed by atoms with Crippen LogP contribution in [-0.4, -0.2) is 44.8 Å². The molecule has 1 saturated heterocycles. The molecule has 1 atom stereocenters. The number of carboxylic acids is 1. The number of piperidine rings is 1. The molecule has 6 heteroatoms. The number of aromatic carboxylic acids is 1. The van der Waals surface area contributed by atoms with E-state index in [1.165, 1.54) is 0 Å². The third kappa shape index (κ3) is 2.67. The smallest absolute Gasteiger partial charge is 0.374 e. The summed E-state index contributed by atoms with van der Waals surface area (Å²) in [6, 6.07) is 7.34. The van der Waals surface area contributed by atoms with Crippen LogP contribution in [0, 0.1) is 0 Å². The van der Waals surface area contributed by atoms with Crippen molar-refractivity contribution in [1.82, 2.24) is 9.97 Å². The minimum Gasteiger partial charge on any atom is -0.475 e. The van der Waals surface area contributed by atoms with Gasteiger partial charge in [0.2, 0.25) is 5.82 Å². The number of para-hydroxylation sites is 1. The number of hydrogen-bond acceptors (Lipinski definition) is 5. The van der Waals surface area contributed by atoms with Gasteiger partial charge in [-0.2, -0.15) is 0 Å². The van der Waals surface area contributed by atoms with Gasteiger partial charge in [-0.05, 0) is 31.9 Å². The van der Waals surface area contributed by atoms with Crippen LogP contribution in [0.3, 0.4) is 0 Å². The third-order valence-electron chi connectivity index (χ3n) is 3.75. The van der Waals surface area contributed by atoms with Crippen LogP contribution in [0.2, 0.25) is 0 Å². The molecule has 1 aliphatic rings. The zero-order valence-corrected chi connectivity index (χ0v) is 11.8. The zero-order valence-electron chi connectivity index (χ0n) is 11.8. The lowest BCUT2D eigenvalue weighted by Gasteiger charge is -2.37. The van der Waals surface area contributed by atoms with Crippen molar-refractivity contribution in [2.24, 2.45) is 0 Å². The summed E-state index contributed by atoms with van der Waals surface area (Å²) in [6.45, 7) is 2.98. The maximum atomic E-state index is 11.2. The fraction of sp³-hybridized carbons (Fsp3) is 0.400. The highest BCUT2D eigenvalue weighted by atomic mass is 16.4. The van der Waals surface area contributed by atoms with E-state index in [0.717, 1.165) is 24.8 Å². The number of benzene rings is 1. The maximum Gasteiger partial charge on any atom is 0.374 e. The summed E-state index contributed by atoms with van der Waals surface area (Å²) >= 11 is 0. The molecule has 0 saturated carbocycles. The van der Waals surface area contributed by atoms with E-state index < -0.39 is 11.6 Å². The first-order valence-corrected chi connectivity index (χ1v) is 6.94. The Hall–Kier alpha value is -2.21. The summed E-state index contributed by atoms with van der Waals surface area (Å²) in [5, 5.41) is 20.2. The van der Waals surface area contributed by atoms with E-state index in [2.05, 4.69) is 9.97 Å². The van der Waals surface area contributed by atoms with E-state index in [0.29, 0.717) is 17.9 Å². The number of nitrogens with zero attached hydrogens (tertiary/aromatic N) is 3. The van der Waals surface area contributed by atoms with Gasteiger partial charge in [-0.3, -0.25) is 0 Å². The average Bonchev–Trinajstić information content (AvgIpc) is 2.45. The first kappa shape index (κ1) is 13.8. The van der Waals surface area contributed by atoms with E-state index in [-0.39, 0.29) is 5.82 Å². The Labute approximate surface area is 122 Å². The topological polar surface area (TPSA) is 86.5 Å². The van der Waals surface area contributed by atoms with Gasteiger partial charge in [0.05, 0.1) is 11.1 Å². The van der Waals surface area contributed by atoms with Gasteiger partial charge in [0.25, 0.3) is 0 Å². The zero-order chi connectivity index (χ0) is 15.0. The number of β-amino-alcohol motifs (C(OH)–C–C–N with tert-alkyl or cyclic N) is 1. The second-order valence-corrected chi connectivity index (χ2v) is 5.72. The monoisotopic (exact) mass is 287 g/mol. The SMILES string of the molecule is CC1(O)CCCN(c2nc(C(=O)O)nc3ccccc23)C1. The van der Waals surface area contributed by atoms with Crippen molar-refractivity contribution in [2.75, 3.05) is 18.0 Å². The highest BCUT2D eigenvalue weighted by Gasteiger charge is 2.30. The van der Waals surface area contributed by atoms with E-state index in [4.69, 9.17) is 0 Å². The summed E-state index contributed by atoms with van der Waals surface area (Å²) in [5.74, 6) is -0.780. The van der Waals surface area contributed by atoms with E-state index >= 15 is 0 Å². The lowest BCUT2D eigenvalue weighted by Crippen LogP contribution is -2.46. The molecule has 1 aromatic heterocycles. The molecule has 2 heterocycles. The Balaban J connectivity index is 2.13. The molecule has 1 aromatic carbocycles. The molecule has 1 unspecified atom stereocenters. The molecule has 110 valence electrons. The second kappa shape index (κ2) is 4.96. The van der Waals surface area contributed by atoms with Crippen molar-refractivity contribution >= 4 is 22.7 Å². The summed E-state index contributed by atoms with van der Waals surface area (Å²) in [5.41, 5.74) is -0.182. The van der Waals surface area contributed by atoms with Gasteiger partial charge in [-0.15, -0.1) is 0 Å². The number of fused-ring (bicyclic) bond motifs is 1. The van der Waals surface area contributed by atoms with E-state index in [1.807, 2.05) is 23.1 Å². The first-order valence-electron chi connectivity index (χ1n) is 6.94. The van der Waals surface area contributed by atoms with Gasteiger partial charge in [-0.1, -0.05) is 12.1 Å². The van der Waals surface area contributed by atoms with Crippen LogP contribution in [-0.2, 0) is 0 Å². The van der Waals surface area contributed by atoms with Crippen molar-refractivity contribution in [1.29, 1.82) is 0 Å². The van der Waals surface area contributed by atoms with Gasteiger partial charge in [0, 0.05) is 18.5 Å². The minimum absolute atomic E-state index is 0.214. The number of carbonyl (C=O) groups is 1. The molecule has 2 N–H and O–H groups in total. The standard InChI is InChI=1S/C15H17N3O3/c1-15(21)7-4-8-18(9-15)13-10-5-2-3-6-11(10)16-12(17-13)14(19)20/h2-3,5-6,21H,4,7-9H2,1H3,(H,19,20). The fourth-order valence-electron chi connectivity index (χ4n) is 2.80. The summed E-state index contributed by atoms with van der Waals surface area (Å²) < 4.78 is 0. The molecule has 0 bridgehead atoms. The summed E-state index contributed by atoms with van der Waals surface area (Å²) in [7, 11) is 0. The Bertz CT molecular complexity index is 700. The minimum atomic E-state index is -1.15. The molecule has 3 rings (SSSR count). The molecule has 0 aliphatic carbocycles. The number of rotatable bonds is 2. The van der Waals surface area contributed by atoms with Crippen LogP contribution in [0.4, 0.5) is 5.82 Å². The number of anilines is 1. The fourth-order valence-corrected chi connectivity index (χ4v) is 2.80. The molecule has 0 spiro atoms. The number of carboxylic acid groups (broad SMARTS) is 1. The van der Waals surface area contributed by atoms with Gasteiger partial charge in [0.1, 0.15) is 5.82 Å². The van der Waals surface area contributed by atoms with Crippen LogP contribution in [0.5, 0.6) is 0 Å². The van der Waals surface area contributed by atoms with Crippen molar-refractivity contribution < 1.29 is 15.0 Å². The van der Waals surface area contributed by atoms with Crippen molar-refractivity contribution in [3.05, 3.63) is 30.1 Å². The summed E-state index contributed by atoms with van der Waals surface area (Å²) in [6.07, 6.45) is 1.58. The highest BCUT2D eigenvalue weighted by Crippen LogP contribution is 2.29. The quantitative estimate of drug-likeness (QED) is 0.874. The Morgan fingerprint density at radius 1 is 1.33 bits per heavy atom. The van der Waals surface area contributed by atoms with Crippen molar-refractivity contribution in [3.63, 3.8) is 0 Å². The van der Waals surface area contributed by atoms with E-state index in [1.54, 1.807) is 13.0 Å². The van der Waals surface area contributed by atoms with E-state index in [9.17, 15) is 15.0 Å². The van der Waals surface area contributed by atoms with Gasteiger partial charge >= 0.3 is 5.97 Å². The molecule has 1 aliphatic heterocycles. The molecule has 0 radical (unpaired) electrons. The Kier molecular flexibility index (Phi) is 3.25. The van der Waals surface area contributed by atoms with Crippen molar-refractivity contribution in [2.45, 2.75) is 25.4 Å². The molecule has 6 nitrogen and oxygen atoms in total. The number of aromatic nitrogens is 2. The second-order valence-electron chi connectivity index (χ2n) is 5.72. The average molecular weight is 287 g/mol. The van der Waals surface area contributed by atoms with Gasteiger partial charge < -0.3 is 15.1 Å². The molecular weight excluding hydrogens is 270 g/mol. The summed E-state index contributed by atoms with van der Waals surface area (Å²) in [4.78, 5) is 21.4. The van der Waals surface area contributed by atoms with Crippen LogP contribution in [0.25, 0.3) is 10.9 Å². The molecular formula is C15H17N3O3. The molecule has 2 aromatic rings. The predicted octanol–water partition coefficient (Wildman–Crippen LogP) is 1.68. The Morgan fingerprint density at radius 3 is 2.81 bits per heavy atom. The normalized spacial score (nSPS) is 22.5. The predicted molar refractivity (Wildman–Crippen MR) is 78.6 cm³/mol. The maximum absolute atomic E-state index is 11.2. The lowest BCUT2D eigenvalue weighted by molar-refractivity contribution is 0.0448. The van der Waals surface area contributed by atoms with Gasteiger partial charge in [-0.25, -0.2) is 14.8 Å². The number of aliphatic hydroxyl groups is 1. The largest absolute Gasteiger partial charge is 0.475 e. The van der Waals surface area contributed by atoms with Crippen LogP contribution >= 0.6 is 0 Å². The Morgan fingerprint density at radius 2 is 2.10 bits per heavy atom. The molecule has 21 heavy (non-hydrogen) atoms. The number of hydrogen-bond donors (Lipinski definition) is 2. The van der Waals surface area contributed by atoms with Crippen molar-refractivity contribution in [3.8, 4) is 0 Å². The first-order chi connectivity index (χ1) is 9.96. The highest BCUT2D eigenvalue weighted by molar-refractivity contribution is 5.93. The van der Waals surface area contributed by atoms with Gasteiger partial charge in [0.15, 0.2) is 0 Å². The van der Waals surface area contributed by atoms with Crippen LogP contribution in [0.1, 0.15) is 30.4 Å². The molecule has 0 amide bonds. The molecule has 1 fully saturated rings. The van der Waals surface area contributed by atoms with Crippen LogP contribution in [0.15, 0.2) is 24.3 Å². The third-order valence-corrected chi connectivity index (χ3v) is 3.75. The lowest BCUT2D eigenvalue weighted by atomic mass is 9.95. The van der Waals surface area contributed by atoms with Crippen LogP contribution < -0.4 is 4.90 Å².